The maximum atomic E-state index is 11.8. The topological polar surface area (TPSA) is 46.3 Å². The second-order valence-electron chi connectivity index (χ2n) is 4.29. The fourth-order valence-electron chi connectivity index (χ4n) is 1.58. The summed E-state index contributed by atoms with van der Waals surface area (Å²) in [4.78, 5) is 13.6. The van der Waals surface area contributed by atoms with Crippen LogP contribution in [-0.4, -0.2) is 42.4 Å². The van der Waals surface area contributed by atoms with Gasteiger partial charge in [-0.25, -0.2) is 0 Å². The lowest BCUT2D eigenvalue weighted by atomic mass is 10.1. The fraction of sp³-hybridized carbons (Fsp3) is 0.769. The summed E-state index contributed by atoms with van der Waals surface area (Å²) in [6, 6.07) is -0.333. The molecule has 0 rings (SSSR count). The Hall–Kier alpha value is -0.190. The SMILES string of the molecule is C=CCCCCCN(C)C(=O)[C@@H](N)CCSC.Cl. The van der Waals surface area contributed by atoms with Gasteiger partial charge in [0.15, 0.2) is 0 Å². The summed E-state index contributed by atoms with van der Waals surface area (Å²) in [5, 5.41) is 0. The summed E-state index contributed by atoms with van der Waals surface area (Å²) in [5.41, 5.74) is 5.84. The summed E-state index contributed by atoms with van der Waals surface area (Å²) in [6.07, 6.45) is 9.14. The Balaban J connectivity index is 0. The Morgan fingerprint density at radius 1 is 1.44 bits per heavy atom. The molecule has 0 aromatic heterocycles. The van der Waals surface area contributed by atoms with Crippen molar-refractivity contribution in [2.75, 3.05) is 25.6 Å². The Bertz CT molecular complexity index is 227. The van der Waals surface area contributed by atoms with Crippen molar-refractivity contribution in [2.45, 2.75) is 38.1 Å². The lowest BCUT2D eigenvalue weighted by Gasteiger charge is -2.21. The van der Waals surface area contributed by atoms with Crippen LogP contribution in [0.2, 0.25) is 0 Å². The molecule has 0 heterocycles. The predicted molar refractivity (Wildman–Crippen MR) is 84.5 cm³/mol. The number of nitrogens with zero attached hydrogens (tertiary/aromatic N) is 1. The zero-order valence-corrected chi connectivity index (χ0v) is 13.2. The number of carbonyl (C=O) groups is 1. The number of amides is 1. The fourth-order valence-corrected chi connectivity index (χ4v) is 2.07. The second-order valence-corrected chi connectivity index (χ2v) is 5.27. The minimum atomic E-state index is -0.333. The number of thioether (sulfide) groups is 1. The van der Waals surface area contributed by atoms with Crippen LogP contribution in [0.1, 0.15) is 32.1 Å². The molecule has 1 atom stereocenters. The van der Waals surface area contributed by atoms with Crippen LogP contribution < -0.4 is 5.73 Å². The Labute approximate surface area is 122 Å². The van der Waals surface area contributed by atoms with Crippen molar-refractivity contribution in [1.29, 1.82) is 0 Å². The summed E-state index contributed by atoms with van der Waals surface area (Å²) < 4.78 is 0. The van der Waals surface area contributed by atoms with Crippen LogP contribution in [0.15, 0.2) is 12.7 Å². The molecule has 0 saturated heterocycles. The highest BCUT2D eigenvalue weighted by Gasteiger charge is 2.16. The van der Waals surface area contributed by atoms with Crippen molar-refractivity contribution < 1.29 is 4.79 Å². The number of unbranched alkanes of at least 4 members (excludes halogenated alkanes) is 3. The Kier molecular flexibility index (Phi) is 14.8. The standard InChI is InChI=1S/C13H26N2OS.ClH/c1-4-5-6-7-8-10-15(2)13(16)12(14)9-11-17-3;/h4,12H,1,5-11,14H2,2-3H3;1H/t12-;/m0./s1. The van der Waals surface area contributed by atoms with Gasteiger partial charge in [-0.1, -0.05) is 12.5 Å². The molecule has 0 spiro atoms. The first-order valence-corrected chi connectivity index (χ1v) is 7.63. The van der Waals surface area contributed by atoms with Crippen LogP contribution in [0, 0.1) is 0 Å². The van der Waals surface area contributed by atoms with Gasteiger partial charge < -0.3 is 10.6 Å². The molecular weight excluding hydrogens is 268 g/mol. The summed E-state index contributed by atoms with van der Waals surface area (Å²) >= 11 is 1.73. The van der Waals surface area contributed by atoms with Crippen molar-refractivity contribution in [3.63, 3.8) is 0 Å². The van der Waals surface area contributed by atoms with Gasteiger partial charge in [-0.15, -0.1) is 19.0 Å². The van der Waals surface area contributed by atoms with Crippen LogP contribution in [0.3, 0.4) is 0 Å². The van der Waals surface area contributed by atoms with Crippen LogP contribution in [0.5, 0.6) is 0 Å². The van der Waals surface area contributed by atoms with Gasteiger partial charge in [-0.05, 0) is 37.7 Å². The first-order valence-electron chi connectivity index (χ1n) is 6.23. The molecule has 0 aliphatic carbocycles. The molecule has 0 fully saturated rings. The average molecular weight is 295 g/mol. The monoisotopic (exact) mass is 294 g/mol. The van der Waals surface area contributed by atoms with Crippen molar-refractivity contribution in [3.05, 3.63) is 12.7 Å². The van der Waals surface area contributed by atoms with E-state index < -0.39 is 0 Å². The molecule has 1 amide bonds. The molecule has 0 aromatic carbocycles. The maximum Gasteiger partial charge on any atom is 0.239 e. The summed E-state index contributed by atoms with van der Waals surface area (Å²) in [6.45, 7) is 4.50. The molecular formula is C13H27ClN2OS. The lowest BCUT2D eigenvalue weighted by Crippen LogP contribution is -2.42. The smallest absolute Gasteiger partial charge is 0.239 e. The van der Waals surface area contributed by atoms with E-state index >= 15 is 0 Å². The number of likely N-dealkylation sites (N-methyl/N-ethyl adjacent to an activating group) is 1. The van der Waals surface area contributed by atoms with E-state index in [4.69, 9.17) is 5.73 Å². The van der Waals surface area contributed by atoms with Gasteiger partial charge in [-0.2, -0.15) is 11.8 Å². The van der Waals surface area contributed by atoms with Crippen molar-refractivity contribution in [3.8, 4) is 0 Å². The molecule has 0 aliphatic rings. The zero-order chi connectivity index (χ0) is 13.1. The lowest BCUT2D eigenvalue weighted by molar-refractivity contribution is -0.131. The molecule has 0 aliphatic heterocycles. The molecule has 108 valence electrons. The van der Waals surface area contributed by atoms with Gasteiger partial charge in [0.05, 0.1) is 6.04 Å². The zero-order valence-electron chi connectivity index (χ0n) is 11.6. The molecule has 0 unspecified atom stereocenters. The largest absolute Gasteiger partial charge is 0.344 e. The normalized spacial score (nSPS) is 11.5. The molecule has 0 radical (unpaired) electrons. The Morgan fingerprint density at radius 3 is 2.67 bits per heavy atom. The summed E-state index contributed by atoms with van der Waals surface area (Å²) in [5.74, 6) is 1.02. The van der Waals surface area contributed by atoms with E-state index in [9.17, 15) is 4.79 Å². The number of nitrogens with two attached hydrogens (primary N) is 1. The highest BCUT2D eigenvalue weighted by atomic mass is 35.5. The van der Waals surface area contributed by atoms with Crippen LogP contribution in [-0.2, 0) is 4.79 Å². The summed E-state index contributed by atoms with van der Waals surface area (Å²) in [7, 11) is 1.84. The van der Waals surface area contributed by atoms with E-state index in [2.05, 4.69) is 6.58 Å². The number of hydrogen-bond acceptors (Lipinski definition) is 3. The highest BCUT2D eigenvalue weighted by Crippen LogP contribution is 2.04. The van der Waals surface area contributed by atoms with Crippen LogP contribution in [0.4, 0.5) is 0 Å². The van der Waals surface area contributed by atoms with E-state index in [-0.39, 0.29) is 24.4 Å². The van der Waals surface area contributed by atoms with E-state index in [0.717, 1.165) is 44.4 Å². The van der Waals surface area contributed by atoms with Crippen molar-refractivity contribution in [2.24, 2.45) is 5.73 Å². The van der Waals surface area contributed by atoms with E-state index in [1.807, 2.05) is 19.4 Å². The first-order chi connectivity index (χ1) is 8.13. The number of halogens is 1. The Morgan fingerprint density at radius 2 is 2.11 bits per heavy atom. The van der Waals surface area contributed by atoms with Gasteiger partial charge in [0.2, 0.25) is 5.91 Å². The van der Waals surface area contributed by atoms with Gasteiger partial charge >= 0.3 is 0 Å². The molecule has 0 aromatic rings. The van der Waals surface area contributed by atoms with Gasteiger partial charge in [0, 0.05) is 13.6 Å². The predicted octanol–water partition coefficient (Wildman–Crippen LogP) is 2.69. The van der Waals surface area contributed by atoms with E-state index in [0.29, 0.717) is 0 Å². The van der Waals surface area contributed by atoms with Crippen LogP contribution >= 0.6 is 24.2 Å². The van der Waals surface area contributed by atoms with Gasteiger partial charge in [0.1, 0.15) is 0 Å². The first kappa shape index (κ1) is 20.1. The molecule has 0 saturated carbocycles. The number of carbonyl (C=O) groups excluding carboxylic acids is 1. The quantitative estimate of drug-likeness (QED) is 0.498. The molecule has 0 bridgehead atoms. The maximum absolute atomic E-state index is 11.8. The third-order valence-electron chi connectivity index (χ3n) is 2.73. The van der Waals surface area contributed by atoms with Gasteiger partial charge in [-0.3, -0.25) is 4.79 Å². The second kappa shape index (κ2) is 13.2. The number of hydrogen-bond donors (Lipinski definition) is 1. The number of allylic oxidation sites excluding steroid dienone is 1. The average Bonchev–Trinajstić information content (AvgIpc) is 2.34. The molecule has 18 heavy (non-hydrogen) atoms. The van der Waals surface area contributed by atoms with Crippen molar-refractivity contribution >= 4 is 30.1 Å². The minimum absolute atomic E-state index is 0. The molecule has 3 nitrogen and oxygen atoms in total. The minimum Gasteiger partial charge on any atom is -0.344 e. The van der Waals surface area contributed by atoms with Crippen LogP contribution in [0.25, 0.3) is 0 Å². The third kappa shape index (κ3) is 9.80. The highest BCUT2D eigenvalue weighted by molar-refractivity contribution is 7.98. The number of rotatable bonds is 10. The third-order valence-corrected chi connectivity index (χ3v) is 3.37. The molecule has 2 N–H and O–H groups in total. The van der Waals surface area contributed by atoms with Crippen molar-refractivity contribution in [1.82, 2.24) is 4.90 Å². The van der Waals surface area contributed by atoms with E-state index in [1.165, 1.54) is 0 Å². The molecule has 5 heteroatoms. The van der Waals surface area contributed by atoms with Gasteiger partial charge in [0.25, 0.3) is 0 Å². The van der Waals surface area contributed by atoms with E-state index in [1.54, 1.807) is 16.7 Å².